The SMILES string of the molecule is CCCC(C)(O)CNCc1cc(C(N)=O)ccc1F. The van der Waals surface area contributed by atoms with E-state index in [2.05, 4.69) is 5.32 Å². The molecule has 0 aliphatic carbocycles. The first kappa shape index (κ1) is 15.6. The molecule has 4 N–H and O–H groups in total. The highest BCUT2D eigenvalue weighted by atomic mass is 19.1. The van der Waals surface area contributed by atoms with Gasteiger partial charge in [0.25, 0.3) is 0 Å². The van der Waals surface area contributed by atoms with E-state index in [0.29, 0.717) is 18.5 Å². The van der Waals surface area contributed by atoms with Gasteiger partial charge in [0.1, 0.15) is 5.82 Å². The van der Waals surface area contributed by atoms with Crippen LogP contribution in [0.5, 0.6) is 0 Å². The molecule has 0 aromatic heterocycles. The second kappa shape index (κ2) is 6.63. The molecule has 19 heavy (non-hydrogen) atoms. The lowest BCUT2D eigenvalue weighted by Gasteiger charge is -2.23. The summed E-state index contributed by atoms with van der Waals surface area (Å²) in [7, 11) is 0. The van der Waals surface area contributed by atoms with Crippen molar-refractivity contribution < 1.29 is 14.3 Å². The molecule has 106 valence electrons. The largest absolute Gasteiger partial charge is 0.389 e. The number of primary amides is 1. The summed E-state index contributed by atoms with van der Waals surface area (Å²) in [5.74, 6) is -0.980. The molecule has 1 aromatic rings. The van der Waals surface area contributed by atoms with Crippen molar-refractivity contribution in [3.05, 3.63) is 35.1 Å². The van der Waals surface area contributed by atoms with Gasteiger partial charge >= 0.3 is 0 Å². The van der Waals surface area contributed by atoms with Crippen LogP contribution in [0.25, 0.3) is 0 Å². The van der Waals surface area contributed by atoms with Gasteiger partial charge in [-0.1, -0.05) is 13.3 Å². The van der Waals surface area contributed by atoms with Gasteiger partial charge in [-0.15, -0.1) is 0 Å². The van der Waals surface area contributed by atoms with E-state index in [-0.39, 0.29) is 12.1 Å². The zero-order valence-electron chi connectivity index (χ0n) is 11.4. The number of amides is 1. The second-order valence-electron chi connectivity index (χ2n) is 5.02. The Morgan fingerprint density at radius 3 is 2.79 bits per heavy atom. The highest BCUT2D eigenvalue weighted by Crippen LogP contribution is 2.13. The van der Waals surface area contributed by atoms with Crippen molar-refractivity contribution in [1.29, 1.82) is 0 Å². The second-order valence-corrected chi connectivity index (χ2v) is 5.02. The number of hydrogen-bond donors (Lipinski definition) is 3. The molecule has 0 saturated heterocycles. The highest BCUT2D eigenvalue weighted by molar-refractivity contribution is 5.92. The molecule has 0 radical (unpaired) electrons. The van der Waals surface area contributed by atoms with Crippen molar-refractivity contribution in [2.75, 3.05) is 6.54 Å². The quantitative estimate of drug-likeness (QED) is 0.702. The predicted octanol–water partition coefficient (Wildman–Crippen LogP) is 1.57. The number of nitrogens with two attached hydrogens (primary N) is 1. The number of aliphatic hydroxyl groups is 1. The first-order valence-corrected chi connectivity index (χ1v) is 6.37. The van der Waals surface area contributed by atoms with Crippen LogP contribution in [0.3, 0.4) is 0 Å². The summed E-state index contributed by atoms with van der Waals surface area (Å²) < 4.78 is 13.5. The van der Waals surface area contributed by atoms with E-state index < -0.39 is 17.3 Å². The average Bonchev–Trinajstić information content (AvgIpc) is 2.30. The molecule has 0 spiro atoms. The molecule has 1 amide bonds. The van der Waals surface area contributed by atoms with Crippen molar-refractivity contribution in [3.8, 4) is 0 Å². The number of benzene rings is 1. The zero-order chi connectivity index (χ0) is 14.5. The lowest BCUT2D eigenvalue weighted by molar-refractivity contribution is 0.0497. The van der Waals surface area contributed by atoms with Crippen LogP contribution in [0.2, 0.25) is 0 Å². The smallest absolute Gasteiger partial charge is 0.248 e. The van der Waals surface area contributed by atoms with Gasteiger partial charge in [-0.2, -0.15) is 0 Å². The highest BCUT2D eigenvalue weighted by Gasteiger charge is 2.18. The van der Waals surface area contributed by atoms with Gasteiger partial charge in [-0.3, -0.25) is 4.79 Å². The van der Waals surface area contributed by atoms with Gasteiger partial charge in [0.2, 0.25) is 5.91 Å². The molecule has 5 heteroatoms. The Balaban J connectivity index is 2.62. The molecule has 0 aliphatic rings. The van der Waals surface area contributed by atoms with Gasteiger partial charge in [-0.25, -0.2) is 4.39 Å². The minimum atomic E-state index is -0.813. The Kier molecular flexibility index (Phi) is 5.44. The summed E-state index contributed by atoms with van der Waals surface area (Å²) in [6.45, 7) is 4.33. The summed E-state index contributed by atoms with van der Waals surface area (Å²) in [6.07, 6.45) is 1.55. The molecule has 0 aliphatic heterocycles. The standard InChI is InChI=1S/C14H21FN2O2/c1-3-6-14(2,19)9-17-8-11-7-10(13(16)18)4-5-12(11)15/h4-5,7,17,19H,3,6,8-9H2,1-2H3,(H2,16,18). The van der Waals surface area contributed by atoms with Crippen LogP contribution in [-0.4, -0.2) is 23.2 Å². The topological polar surface area (TPSA) is 75.3 Å². The fourth-order valence-corrected chi connectivity index (χ4v) is 1.96. The summed E-state index contributed by atoms with van der Waals surface area (Å²) in [6, 6.07) is 4.01. The third kappa shape index (κ3) is 4.96. The summed E-state index contributed by atoms with van der Waals surface area (Å²) in [4.78, 5) is 11.0. The van der Waals surface area contributed by atoms with Crippen LogP contribution in [0.15, 0.2) is 18.2 Å². The summed E-state index contributed by atoms with van der Waals surface area (Å²) >= 11 is 0. The maximum absolute atomic E-state index is 13.5. The molecular weight excluding hydrogens is 247 g/mol. The number of nitrogens with one attached hydrogen (secondary N) is 1. The lowest BCUT2D eigenvalue weighted by atomic mass is 10.0. The fourth-order valence-electron chi connectivity index (χ4n) is 1.96. The van der Waals surface area contributed by atoms with Crippen molar-refractivity contribution in [2.45, 2.75) is 38.8 Å². The summed E-state index contributed by atoms with van der Waals surface area (Å²) in [5.41, 5.74) is 4.98. The number of halogens is 1. The monoisotopic (exact) mass is 268 g/mol. The van der Waals surface area contributed by atoms with Gasteiger partial charge in [0.05, 0.1) is 5.60 Å². The van der Waals surface area contributed by atoms with E-state index in [0.717, 1.165) is 6.42 Å². The van der Waals surface area contributed by atoms with Gasteiger partial charge < -0.3 is 16.2 Å². The fraction of sp³-hybridized carbons (Fsp3) is 0.500. The van der Waals surface area contributed by atoms with Crippen LogP contribution in [0.4, 0.5) is 4.39 Å². The molecule has 1 rings (SSSR count). The van der Waals surface area contributed by atoms with Crippen molar-refractivity contribution in [2.24, 2.45) is 5.73 Å². The maximum atomic E-state index is 13.5. The number of rotatable bonds is 7. The molecule has 0 bridgehead atoms. The van der Waals surface area contributed by atoms with E-state index >= 15 is 0 Å². The molecule has 1 aromatic carbocycles. The number of carbonyl (C=O) groups excluding carboxylic acids is 1. The average molecular weight is 268 g/mol. The van der Waals surface area contributed by atoms with Gasteiger partial charge in [0.15, 0.2) is 0 Å². The van der Waals surface area contributed by atoms with Crippen LogP contribution in [0, 0.1) is 5.82 Å². The van der Waals surface area contributed by atoms with Gasteiger partial charge in [-0.05, 0) is 31.5 Å². The Labute approximate surface area is 112 Å². The molecule has 0 fully saturated rings. The molecule has 1 atom stereocenters. The lowest BCUT2D eigenvalue weighted by Crippen LogP contribution is -2.37. The third-order valence-corrected chi connectivity index (χ3v) is 2.94. The summed E-state index contributed by atoms with van der Waals surface area (Å²) in [5, 5.41) is 13.0. The van der Waals surface area contributed by atoms with Crippen molar-refractivity contribution in [1.82, 2.24) is 5.32 Å². The first-order valence-electron chi connectivity index (χ1n) is 6.37. The molecule has 4 nitrogen and oxygen atoms in total. The van der Waals surface area contributed by atoms with Crippen LogP contribution < -0.4 is 11.1 Å². The molecule has 0 heterocycles. The predicted molar refractivity (Wildman–Crippen MR) is 72.2 cm³/mol. The Morgan fingerprint density at radius 1 is 1.53 bits per heavy atom. The van der Waals surface area contributed by atoms with E-state index in [1.807, 2.05) is 6.92 Å². The Morgan fingerprint density at radius 2 is 2.21 bits per heavy atom. The zero-order valence-corrected chi connectivity index (χ0v) is 11.4. The minimum absolute atomic E-state index is 0.243. The van der Waals surface area contributed by atoms with E-state index in [4.69, 9.17) is 5.73 Å². The molecule has 0 saturated carbocycles. The van der Waals surface area contributed by atoms with Crippen LogP contribution in [0.1, 0.15) is 42.6 Å². The van der Waals surface area contributed by atoms with E-state index in [1.165, 1.54) is 18.2 Å². The Bertz CT molecular complexity index is 447. The number of carbonyl (C=O) groups is 1. The third-order valence-electron chi connectivity index (χ3n) is 2.94. The normalized spacial score (nSPS) is 14.1. The van der Waals surface area contributed by atoms with Crippen LogP contribution in [-0.2, 0) is 6.54 Å². The molecule has 1 unspecified atom stereocenters. The first-order chi connectivity index (χ1) is 8.85. The van der Waals surface area contributed by atoms with E-state index in [9.17, 15) is 14.3 Å². The maximum Gasteiger partial charge on any atom is 0.248 e. The Hall–Kier alpha value is -1.46. The molecular formula is C14H21FN2O2. The van der Waals surface area contributed by atoms with Crippen molar-refractivity contribution in [3.63, 3.8) is 0 Å². The van der Waals surface area contributed by atoms with Crippen molar-refractivity contribution >= 4 is 5.91 Å². The van der Waals surface area contributed by atoms with E-state index in [1.54, 1.807) is 6.92 Å². The van der Waals surface area contributed by atoms with Gasteiger partial charge in [0, 0.05) is 24.2 Å². The number of hydrogen-bond acceptors (Lipinski definition) is 3. The minimum Gasteiger partial charge on any atom is -0.389 e. The van der Waals surface area contributed by atoms with Crippen LogP contribution >= 0.6 is 0 Å².